The zero-order chi connectivity index (χ0) is 5.28. The van der Waals surface area contributed by atoms with Gasteiger partial charge in [-0.05, 0) is 0 Å². The van der Waals surface area contributed by atoms with Crippen LogP contribution in [0.3, 0.4) is 0 Å². The molecule has 0 radical (unpaired) electrons. The van der Waals surface area contributed by atoms with Crippen LogP contribution in [0.15, 0.2) is 22.1 Å². The molecule has 0 aromatic carbocycles. The summed E-state index contributed by atoms with van der Waals surface area (Å²) in [7, 11) is 0. The van der Waals surface area contributed by atoms with Gasteiger partial charge in [-0.15, -0.1) is 0 Å². The third-order valence-corrected chi connectivity index (χ3v) is 1.64. The molecule has 0 saturated heterocycles. The Morgan fingerprint density at radius 1 is 1.86 bits per heavy atom. The molecule has 0 heterocycles. The summed E-state index contributed by atoms with van der Waals surface area (Å²) >= 11 is 2.39. The minimum atomic E-state index is 0. The average molecular weight is 185 g/mol. The fourth-order valence-electron chi connectivity index (χ4n) is 0.464. The van der Waals surface area contributed by atoms with Gasteiger partial charge >= 0.3 is 51.9 Å². The molecule has 2 heteroatoms. The summed E-state index contributed by atoms with van der Waals surface area (Å²) in [6, 6.07) is 0. The molecule has 0 aromatic heterocycles. The number of rotatable bonds is 0. The zero-order valence-corrected chi connectivity index (χ0v) is 5.40. The minimum absolute atomic E-state index is 0. The summed E-state index contributed by atoms with van der Waals surface area (Å²) in [6.45, 7) is 0. The zero-order valence-electron chi connectivity index (χ0n) is 6.66. The van der Waals surface area contributed by atoms with Crippen LogP contribution >= 0.6 is 0 Å². The summed E-state index contributed by atoms with van der Waals surface area (Å²) < 4.78 is 0.999. The van der Waals surface area contributed by atoms with Gasteiger partial charge in [0.1, 0.15) is 0 Å². The van der Waals surface area contributed by atoms with Gasteiger partial charge in [-0.2, -0.15) is 0 Å². The van der Waals surface area contributed by atoms with E-state index in [1.807, 2.05) is 6.08 Å². The SMILES string of the molecule is OC1=[C]([Ru+3])CC=C1.[H-].[H-].[H-]. The standard InChI is InChI=1S/C5H5O.Ru.3H/c6-5-3-1-2-4-5;;;;/h1,3,6H,2H2;;;;/q;+3;3*-1. The minimum Gasteiger partial charge on any atom is -1.00 e. The molecule has 42 valence electrons. The Labute approximate surface area is 56.9 Å². The molecule has 1 aliphatic carbocycles. The van der Waals surface area contributed by atoms with Crippen molar-refractivity contribution in [3.05, 3.63) is 22.1 Å². The molecule has 0 bridgehead atoms. The summed E-state index contributed by atoms with van der Waals surface area (Å²) in [5, 5.41) is 8.77. The van der Waals surface area contributed by atoms with Crippen LogP contribution in [0.4, 0.5) is 0 Å². The first kappa shape index (κ1) is 5.05. The van der Waals surface area contributed by atoms with Crippen molar-refractivity contribution in [1.29, 1.82) is 0 Å². The van der Waals surface area contributed by atoms with Crippen molar-refractivity contribution in [2.75, 3.05) is 0 Å². The van der Waals surface area contributed by atoms with Crippen molar-refractivity contribution < 1.29 is 27.7 Å². The molecule has 1 aliphatic rings. The predicted molar refractivity (Wildman–Crippen MR) is 26.7 cm³/mol. The molecular formula is C5H8ORu. The van der Waals surface area contributed by atoms with E-state index in [-0.39, 0.29) is 4.28 Å². The van der Waals surface area contributed by atoms with Gasteiger partial charge in [0.25, 0.3) is 0 Å². The fourth-order valence-corrected chi connectivity index (χ4v) is 0.814. The average Bonchev–Trinajstić information content (AvgIpc) is 1.91. The fraction of sp³-hybridized carbons (Fsp3) is 0.200. The van der Waals surface area contributed by atoms with Crippen molar-refractivity contribution in [3.8, 4) is 0 Å². The molecule has 7 heavy (non-hydrogen) atoms. The third kappa shape index (κ3) is 0.917. The predicted octanol–water partition coefficient (Wildman–Crippen LogP) is 1.60. The van der Waals surface area contributed by atoms with Crippen LogP contribution < -0.4 is 0 Å². The molecule has 0 aliphatic heterocycles. The maximum Gasteiger partial charge on any atom is -1.00 e. The van der Waals surface area contributed by atoms with E-state index in [1.165, 1.54) is 0 Å². The van der Waals surface area contributed by atoms with Crippen molar-refractivity contribution in [1.82, 2.24) is 0 Å². The maximum atomic E-state index is 8.77. The van der Waals surface area contributed by atoms with Gasteiger partial charge in [0.05, 0.1) is 0 Å². The number of hydrogen-bond donors (Lipinski definition) is 1. The maximum absolute atomic E-state index is 8.77. The first-order chi connectivity index (χ1) is 3.30. The van der Waals surface area contributed by atoms with Crippen LogP contribution in [0.1, 0.15) is 10.7 Å². The second kappa shape index (κ2) is 1.79. The van der Waals surface area contributed by atoms with Crippen LogP contribution in [0.2, 0.25) is 0 Å². The Balaban J connectivity index is -0.000000163. The Kier molecular flexibility index (Phi) is 1.29. The van der Waals surface area contributed by atoms with E-state index in [9.17, 15) is 0 Å². The smallest absolute Gasteiger partial charge is 1.00 e. The molecule has 0 unspecified atom stereocenters. The summed E-state index contributed by atoms with van der Waals surface area (Å²) in [4.78, 5) is 0. The number of allylic oxidation sites excluding steroid dienone is 3. The van der Waals surface area contributed by atoms with E-state index >= 15 is 0 Å². The van der Waals surface area contributed by atoms with E-state index in [1.54, 1.807) is 6.08 Å². The van der Waals surface area contributed by atoms with Crippen molar-refractivity contribution in [2.24, 2.45) is 0 Å². The van der Waals surface area contributed by atoms with Gasteiger partial charge in [0, 0.05) is 0 Å². The Morgan fingerprint density at radius 2 is 2.57 bits per heavy atom. The van der Waals surface area contributed by atoms with Crippen molar-refractivity contribution >= 4 is 0 Å². The molecule has 0 aromatic rings. The monoisotopic (exact) mass is 186 g/mol. The molecule has 0 fully saturated rings. The molecule has 0 saturated carbocycles. The molecule has 1 N–H and O–H groups in total. The molecule has 1 rings (SSSR count). The number of hydrogen-bond acceptors (Lipinski definition) is 1. The molecule has 1 nitrogen and oxygen atoms in total. The van der Waals surface area contributed by atoms with Crippen LogP contribution in [0.5, 0.6) is 0 Å². The van der Waals surface area contributed by atoms with Crippen LogP contribution in [0, 0.1) is 0 Å². The Bertz CT molecular complexity index is 144. The van der Waals surface area contributed by atoms with E-state index in [0.717, 1.165) is 10.6 Å². The van der Waals surface area contributed by atoms with Gasteiger partial charge < -0.3 is 4.28 Å². The molecular weight excluding hydrogens is 177 g/mol. The van der Waals surface area contributed by atoms with Crippen LogP contribution in [0.25, 0.3) is 0 Å². The van der Waals surface area contributed by atoms with E-state index < -0.39 is 0 Å². The topological polar surface area (TPSA) is 20.2 Å². The quantitative estimate of drug-likeness (QED) is 0.568. The summed E-state index contributed by atoms with van der Waals surface area (Å²) in [5.41, 5.74) is 0. The number of aliphatic hydroxyl groups is 1. The van der Waals surface area contributed by atoms with E-state index in [0.29, 0.717) is 5.76 Å². The Hall–Kier alpha value is -0.0966. The van der Waals surface area contributed by atoms with Crippen LogP contribution in [-0.2, 0) is 18.3 Å². The normalized spacial score (nSPS) is 18.9. The van der Waals surface area contributed by atoms with Crippen LogP contribution in [-0.4, -0.2) is 5.11 Å². The molecule has 0 amide bonds. The van der Waals surface area contributed by atoms with Crippen molar-refractivity contribution in [2.45, 2.75) is 6.42 Å². The first-order valence-corrected chi connectivity index (χ1v) is 2.90. The van der Waals surface area contributed by atoms with Gasteiger partial charge in [-0.25, -0.2) is 0 Å². The van der Waals surface area contributed by atoms with Gasteiger partial charge in [0.2, 0.25) is 0 Å². The van der Waals surface area contributed by atoms with Crippen molar-refractivity contribution in [3.63, 3.8) is 0 Å². The molecule has 0 spiro atoms. The summed E-state index contributed by atoms with van der Waals surface area (Å²) in [5.74, 6) is 0.413. The largest absolute Gasteiger partial charge is 1.00 e. The number of aliphatic hydroxyl groups excluding tert-OH is 1. The van der Waals surface area contributed by atoms with Gasteiger partial charge in [-0.3, -0.25) is 0 Å². The molecule has 0 atom stereocenters. The van der Waals surface area contributed by atoms with Gasteiger partial charge in [-0.1, -0.05) is 0 Å². The van der Waals surface area contributed by atoms with Gasteiger partial charge in [0.15, 0.2) is 0 Å². The van der Waals surface area contributed by atoms with E-state index in [2.05, 4.69) is 18.3 Å². The third-order valence-electron chi connectivity index (χ3n) is 0.839. The summed E-state index contributed by atoms with van der Waals surface area (Å²) in [6.07, 6.45) is 4.54. The first-order valence-electron chi connectivity index (χ1n) is 2.03. The van der Waals surface area contributed by atoms with E-state index in [4.69, 9.17) is 5.11 Å². The second-order valence-corrected chi connectivity index (χ2v) is 2.43. The second-order valence-electron chi connectivity index (χ2n) is 1.38. The Morgan fingerprint density at radius 3 is 2.71 bits per heavy atom.